The van der Waals surface area contributed by atoms with Gasteiger partial charge in [-0.05, 0) is 30.2 Å². The maximum atomic E-state index is 5.65. The first kappa shape index (κ1) is 12.2. The van der Waals surface area contributed by atoms with Gasteiger partial charge in [0, 0.05) is 5.70 Å². The lowest BCUT2D eigenvalue weighted by Crippen LogP contribution is -1.94. The molecule has 0 aliphatic carbocycles. The van der Waals surface area contributed by atoms with Gasteiger partial charge >= 0.3 is 0 Å². The molecule has 0 rings (SSSR count). The second-order valence-electron chi connectivity index (χ2n) is 2.65. The molecule has 0 heterocycles. The van der Waals surface area contributed by atoms with E-state index in [1.54, 1.807) is 18.2 Å². The molecule has 0 aromatic rings. The zero-order valence-electron chi connectivity index (χ0n) is 8.66. The molecule has 0 radical (unpaired) electrons. The normalized spacial score (nSPS) is 13.6. The summed E-state index contributed by atoms with van der Waals surface area (Å²) in [6.45, 7) is 12.9. The Morgan fingerprint density at radius 3 is 2.07 bits per heavy atom. The minimum absolute atomic E-state index is 0.634. The molecule has 14 heavy (non-hydrogen) atoms. The van der Waals surface area contributed by atoms with Crippen molar-refractivity contribution in [2.75, 3.05) is 0 Å². The molecule has 0 atom stereocenters. The van der Waals surface area contributed by atoms with Crippen LogP contribution in [0.3, 0.4) is 0 Å². The van der Waals surface area contributed by atoms with Crippen molar-refractivity contribution in [1.29, 1.82) is 0 Å². The maximum absolute atomic E-state index is 5.65. The smallest absolute Gasteiger partial charge is 0.0314 e. The van der Waals surface area contributed by atoms with E-state index in [9.17, 15) is 0 Å². The molecular weight excluding hydrogens is 170 g/mol. The van der Waals surface area contributed by atoms with Crippen LogP contribution in [-0.4, -0.2) is 0 Å². The van der Waals surface area contributed by atoms with Crippen LogP contribution in [0.1, 0.15) is 6.92 Å². The van der Waals surface area contributed by atoms with Crippen LogP contribution in [0.2, 0.25) is 0 Å². The van der Waals surface area contributed by atoms with E-state index in [4.69, 9.17) is 5.73 Å². The van der Waals surface area contributed by atoms with Crippen molar-refractivity contribution in [2.45, 2.75) is 6.92 Å². The number of nitrogens with two attached hydrogens (primary N) is 1. The topological polar surface area (TPSA) is 26.0 Å². The van der Waals surface area contributed by atoms with E-state index in [0.29, 0.717) is 5.70 Å². The third-order valence-electron chi connectivity index (χ3n) is 1.72. The monoisotopic (exact) mass is 187 g/mol. The lowest BCUT2D eigenvalue weighted by molar-refractivity contribution is 1.38. The van der Waals surface area contributed by atoms with E-state index >= 15 is 0 Å². The van der Waals surface area contributed by atoms with Gasteiger partial charge in [0.25, 0.3) is 0 Å². The molecule has 0 aromatic heterocycles. The van der Waals surface area contributed by atoms with Gasteiger partial charge < -0.3 is 5.73 Å². The molecule has 74 valence electrons. The lowest BCUT2D eigenvalue weighted by atomic mass is 10.0. The van der Waals surface area contributed by atoms with Gasteiger partial charge in [-0.15, -0.1) is 0 Å². The highest BCUT2D eigenvalue weighted by Crippen LogP contribution is 2.13. The molecule has 0 spiro atoms. The fourth-order valence-electron chi connectivity index (χ4n) is 0.981. The second kappa shape index (κ2) is 6.72. The predicted octanol–water partition coefficient (Wildman–Crippen LogP) is 3.26. The van der Waals surface area contributed by atoms with Crippen molar-refractivity contribution in [3.05, 3.63) is 73.0 Å². The van der Waals surface area contributed by atoms with Gasteiger partial charge in [0.1, 0.15) is 0 Å². The van der Waals surface area contributed by atoms with Crippen LogP contribution >= 0.6 is 0 Å². The average molecular weight is 187 g/mol. The van der Waals surface area contributed by atoms with E-state index in [1.807, 2.05) is 25.2 Å². The van der Waals surface area contributed by atoms with Gasteiger partial charge in [0.2, 0.25) is 0 Å². The Labute approximate surface area is 86.3 Å². The van der Waals surface area contributed by atoms with Crippen molar-refractivity contribution >= 4 is 0 Å². The zero-order valence-corrected chi connectivity index (χ0v) is 8.66. The van der Waals surface area contributed by atoms with Crippen LogP contribution in [0.5, 0.6) is 0 Å². The van der Waals surface area contributed by atoms with Gasteiger partial charge in [-0.25, -0.2) is 0 Å². The van der Waals surface area contributed by atoms with Gasteiger partial charge in [0.05, 0.1) is 0 Å². The molecular formula is C13H17N. The average Bonchev–Trinajstić information content (AvgIpc) is 2.22. The molecule has 0 fully saturated rings. The third kappa shape index (κ3) is 3.76. The highest BCUT2D eigenvalue weighted by molar-refractivity contribution is 5.48. The van der Waals surface area contributed by atoms with E-state index < -0.39 is 0 Å². The van der Waals surface area contributed by atoms with Crippen molar-refractivity contribution < 1.29 is 0 Å². The van der Waals surface area contributed by atoms with E-state index in [0.717, 1.165) is 11.1 Å². The Morgan fingerprint density at radius 1 is 1.07 bits per heavy atom. The third-order valence-corrected chi connectivity index (χ3v) is 1.72. The SMILES string of the molecule is C=C/C=C(C=C)/C(/C=C(/N)C=C)=C/C. The molecule has 0 aliphatic rings. The largest absolute Gasteiger partial charge is 0.399 e. The highest BCUT2D eigenvalue weighted by Gasteiger charge is 1.96. The van der Waals surface area contributed by atoms with Crippen LogP contribution in [0.15, 0.2) is 73.0 Å². The summed E-state index contributed by atoms with van der Waals surface area (Å²) in [6, 6.07) is 0. The Morgan fingerprint density at radius 2 is 1.71 bits per heavy atom. The Kier molecular flexibility index (Phi) is 5.88. The Balaban J connectivity index is 5.09. The summed E-state index contributed by atoms with van der Waals surface area (Å²) in [4.78, 5) is 0. The molecule has 2 N–H and O–H groups in total. The summed E-state index contributed by atoms with van der Waals surface area (Å²) in [7, 11) is 0. The van der Waals surface area contributed by atoms with E-state index in [2.05, 4.69) is 19.7 Å². The first-order chi connectivity index (χ1) is 6.69. The van der Waals surface area contributed by atoms with Gasteiger partial charge in [0.15, 0.2) is 0 Å². The minimum Gasteiger partial charge on any atom is -0.399 e. The van der Waals surface area contributed by atoms with Crippen molar-refractivity contribution in [3.63, 3.8) is 0 Å². The number of hydrogen-bond donors (Lipinski definition) is 1. The summed E-state index contributed by atoms with van der Waals surface area (Å²) in [5.41, 5.74) is 8.29. The summed E-state index contributed by atoms with van der Waals surface area (Å²) >= 11 is 0. The highest BCUT2D eigenvalue weighted by atomic mass is 14.5. The maximum Gasteiger partial charge on any atom is 0.0314 e. The standard InChI is InChI=1S/C13H17N/c1-5-9-11(6-2)12(7-3)10-13(14)8-4/h5-10H,1-2,4,14H2,3H3/b11-9+,12-7+,13-10+. The quantitative estimate of drug-likeness (QED) is 0.657. The summed E-state index contributed by atoms with van der Waals surface area (Å²) < 4.78 is 0. The molecule has 0 amide bonds. The zero-order chi connectivity index (χ0) is 11.0. The number of hydrogen-bond acceptors (Lipinski definition) is 1. The molecule has 0 unspecified atom stereocenters. The molecule has 1 nitrogen and oxygen atoms in total. The Bertz CT molecular complexity index is 314. The Hall–Kier alpha value is -1.76. The summed E-state index contributed by atoms with van der Waals surface area (Å²) in [5.74, 6) is 0. The fraction of sp³-hybridized carbons (Fsp3) is 0.0769. The van der Waals surface area contributed by atoms with Crippen LogP contribution in [-0.2, 0) is 0 Å². The van der Waals surface area contributed by atoms with E-state index in [-0.39, 0.29) is 0 Å². The molecule has 0 saturated heterocycles. The molecule has 0 aliphatic heterocycles. The summed E-state index contributed by atoms with van der Waals surface area (Å²) in [5, 5.41) is 0. The molecule has 0 saturated carbocycles. The van der Waals surface area contributed by atoms with Gasteiger partial charge in [-0.2, -0.15) is 0 Å². The first-order valence-electron chi connectivity index (χ1n) is 4.41. The van der Waals surface area contributed by atoms with Crippen LogP contribution in [0.25, 0.3) is 0 Å². The summed E-state index contributed by atoms with van der Waals surface area (Å²) in [6.07, 6.45) is 10.8. The molecule has 0 bridgehead atoms. The predicted molar refractivity (Wildman–Crippen MR) is 64.7 cm³/mol. The van der Waals surface area contributed by atoms with Crippen molar-refractivity contribution in [3.8, 4) is 0 Å². The number of allylic oxidation sites excluding steroid dienone is 8. The van der Waals surface area contributed by atoms with Crippen LogP contribution in [0.4, 0.5) is 0 Å². The lowest BCUT2D eigenvalue weighted by Gasteiger charge is -2.02. The first-order valence-corrected chi connectivity index (χ1v) is 4.41. The fourth-order valence-corrected chi connectivity index (χ4v) is 0.981. The van der Waals surface area contributed by atoms with Crippen molar-refractivity contribution in [2.24, 2.45) is 5.73 Å². The number of rotatable bonds is 5. The second-order valence-corrected chi connectivity index (χ2v) is 2.65. The van der Waals surface area contributed by atoms with Crippen LogP contribution in [0, 0.1) is 0 Å². The molecule has 0 aromatic carbocycles. The molecule has 1 heteroatoms. The van der Waals surface area contributed by atoms with Crippen molar-refractivity contribution in [1.82, 2.24) is 0 Å². The van der Waals surface area contributed by atoms with Crippen LogP contribution < -0.4 is 5.73 Å². The van der Waals surface area contributed by atoms with Gasteiger partial charge in [-0.1, -0.05) is 44.0 Å². The van der Waals surface area contributed by atoms with Gasteiger partial charge in [-0.3, -0.25) is 0 Å². The minimum atomic E-state index is 0.634. The van der Waals surface area contributed by atoms with E-state index in [1.165, 1.54) is 0 Å².